The molecule has 362 valence electrons. The molecular weight excluding hydrogens is 935 g/mol. The van der Waals surface area contributed by atoms with Gasteiger partial charge in [0.2, 0.25) is 6.71 Å². The van der Waals surface area contributed by atoms with Crippen LogP contribution in [0.5, 0.6) is 0 Å². The third kappa shape index (κ3) is 6.61. The molecule has 5 heterocycles. The van der Waals surface area contributed by atoms with Crippen LogP contribution < -0.4 is 64.3 Å². The molecule has 0 radical (unpaired) electrons. The number of rotatable bonds is 7. The zero-order chi connectivity index (χ0) is 51.1. The smallest absolute Gasteiger partial charge is 0.252 e. The van der Waals surface area contributed by atoms with Gasteiger partial charge < -0.3 is 15.1 Å². The van der Waals surface area contributed by atoms with Gasteiger partial charge in [0.1, 0.15) is 0 Å². The molecule has 0 amide bonds. The Bertz CT molecular complexity index is 3950. The second kappa shape index (κ2) is 17.3. The van der Waals surface area contributed by atoms with Crippen molar-refractivity contribution < 1.29 is 0 Å². The standard InChI is InChI=1S/C69H56B3N3S/c1-41(2)46-36-49(42(3)4)65(50(37-46)43(5)6)72-54-31-16-20-35-63(54)76-64-40-61-55(38-56(64)72)71-53-30-15-19-34-60(53)74-59-33-18-14-29-52(59)70-51-28-13-17-32-57(51)73-58-39-62(67(71)69(74)66(58)70)75(61)68-47(44-22-9-7-10-23-44)26-21-27-48(68)45-24-11-8-12-25-45/h7-43,73H,1-6H3. The van der Waals surface area contributed by atoms with Gasteiger partial charge in [0.15, 0.2) is 0 Å². The highest BCUT2D eigenvalue weighted by molar-refractivity contribution is 8.00. The van der Waals surface area contributed by atoms with Crippen LogP contribution >= 0.6 is 11.8 Å². The maximum Gasteiger partial charge on any atom is 0.252 e. The summed E-state index contributed by atoms with van der Waals surface area (Å²) in [5, 5.41) is 4.10. The van der Waals surface area contributed by atoms with Crippen LogP contribution in [-0.4, -0.2) is 20.1 Å². The van der Waals surface area contributed by atoms with Crippen LogP contribution in [0.3, 0.4) is 0 Å². The molecule has 7 heteroatoms. The summed E-state index contributed by atoms with van der Waals surface area (Å²) >= 11 is 1.95. The van der Waals surface area contributed by atoms with Crippen LogP contribution in [0.4, 0.5) is 45.5 Å². The molecule has 10 aromatic rings. The number of benzene rings is 10. The van der Waals surface area contributed by atoms with Gasteiger partial charge in [0.05, 0.1) is 5.69 Å². The van der Waals surface area contributed by atoms with Gasteiger partial charge in [0.25, 0.3) is 13.4 Å². The maximum atomic E-state index is 4.10. The molecule has 0 spiro atoms. The molecule has 0 fully saturated rings. The second-order valence-corrected chi connectivity index (χ2v) is 23.6. The molecule has 10 aromatic carbocycles. The Kier molecular flexibility index (Phi) is 10.4. The summed E-state index contributed by atoms with van der Waals surface area (Å²) < 4.78 is 0. The fraction of sp³-hybridized carbons (Fsp3) is 0.130. The van der Waals surface area contributed by atoms with Gasteiger partial charge in [-0.3, -0.25) is 0 Å². The Morgan fingerprint density at radius 3 is 1.50 bits per heavy atom. The van der Waals surface area contributed by atoms with Gasteiger partial charge in [0, 0.05) is 60.7 Å². The van der Waals surface area contributed by atoms with Crippen molar-refractivity contribution in [2.24, 2.45) is 0 Å². The van der Waals surface area contributed by atoms with E-state index in [-0.39, 0.29) is 20.1 Å². The van der Waals surface area contributed by atoms with Crippen LogP contribution in [0.25, 0.3) is 22.3 Å². The van der Waals surface area contributed by atoms with Crippen molar-refractivity contribution >= 4 is 127 Å². The third-order valence-corrected chi connectivity index (χ3v) is 18.4. The Labute approximate surface area is 453 Å². The van der Waals surface area contributed by atoms with Crippen LogP contribution in [0.15, 0.2) is 216 Å². The minimum atomic E-state index is -0.0632. The summed E-state index contributed by atoms with van der Waals surface area (Å²) in [5.41, 5.74) is 31.2. The first-order valence-electron chi connectivity index (χ1n) is 27.4. The van der Waals surface area contributed by atoms with E-state index in [1.807, 2.05) is 11.8 Å². The van der Waals surface area contributed by atoms with Crippen molar-refractivity contribution in [3.63, 3.8) is 0 Å². The molecule has 0 bridgehead atoms. The maximum absolute atomic E-state index is 4.10. The number of nitrogens with zero attached hydrogens (tertiary/aromatic N) is 2. The normalized spacial score (nSPS) is 13.9. The fourth-order valence-corrected chi connectivity index (χ4v) is 15.1. The highest BCUT2D eigenvalue weighted by Gasteiger charge is 2.51. The Morgan fingerprint density at radius 2 is 0.882 bits per heavy atom. The summed E-state index contributed by atoms with van der Waals surface area (Å²) in [7, 11) is 0. The van der Waals surface area contributed by atoms with Gasteiger partial charge >= 0.3 is 0 Å². The molecule has 0 atom stereocenters. The third-order valence-electron chi connectivity index (χ3n) is 17.3. The van der Waals surface area contributed by atoms with Crippen LogP contribution in [0, 0.1) is 0 Å². The van der Waals surface area contributed by atoms with Crippen molar-refractivity contribution in [3.8, 4) is 22.3 Å². The lowest BCUT2D eigenvalue weighted by atomic mass is 9.28. The van der Waals surface area contributed by atoms with E-state index in [0.29, 0.717) is 17.8 Å². The molecule has 0 saturated carbocycles. The number of hydrogen-bond acceptors (Lipinski definition) is 4. The van der Waals surface area contributed by atoms with E-state index in [1.54, 1.807) is 0 Å². The lowest BCUT2D eigenvalue weighted by molar-refractivity contribution is 0.812. The molecule has 5 aliphatic heterocycles. The Balaban J connectivity index is 1.11. The van der Waals surface area contributed by atoms with Crippen LogP contribution in [0.2, 0.25) is 0 Å². The predicted molar refractivity (Wildman–Crippen MR) is 330 cm³/mol. The predicted octanol–water partition coefficient (Wildman–Crippen LogP) is 12.3. The first kappa shape index (κ1) is 45.5. The Morgan fingerprint density at radius 1 is 0.355 bits per heavy atom. The monoisotopic (exact) mass is 991 g/mol. The van der Waals surface area contributed by atoms with Crippen molar-refractivity contribution in [1.29, 1.82) is 0 Å². The van der Waals surface area contributed by atoms with Gasteiger partial charge in [-0.1, -0.05) is 240 Å². The van der Waals surface area contributed by atoms with E-state index in [9.17, 15) is 0 Å². The molecule has 0 aromatic heterocycles. The Hall–Kier alpha value is -7.86. The van der Waals surface area contributed by atoms with Gasteiger partial charge in [-0.15, -0.1) is 0 Å². The van der Waals surface area contributed by atoms with Crippen molar-refractivity contribution in [3.05, 3.63) is 223 Å². The molecule has 1 N–H and O–H groups in total. The van der Waals surface area contributed by atoms with E-state index in [1.165, 1.54) is 138 Å². The zero-order valence-electron chi connectivity index (χ0n) is 43.9. The van der Waals surface area contributed by atoms with E-state index in [0.717, 1.165) is 5.69 Å². The van der Waals surface area contributed by atoms with E-state index in [4.69, 9.17) is 0 Å². The average molecular weight is 992 g/mol. The van der Waals surface area contributed by atoms with Crippen molar-refractivity contribution in [2.45, 2.75) is 69.1 Å². The van der Waals surface area contributed by atoms with Crippen molar-refractivity contribution in [2.75, 3.05) is 15.1 Å². The van der Waals surface area contributed by atoms with E-state index in [2.05, 4.69) is 263 Å². The minimum Gasteiger partial charge on any atom is -0.356 e. The quantitative estimate of drug-likeness (QED) is 0.160. The molecule has 5 aliphatic rings. The van der Waals surface area contributed by atoms with Gasteiger partial charge in [-0.25, -0.2) is 0 Å². The summed E-state index contributed by atoms with van der Waals surface area (Å²) in [6.45, 7) is 14.3. The first-order chi connectivity index (χ1) is 37.2. The molecular formula is C69H56B3N3S. The van der Waals surface area contributed by atoms with Gasteiger partial charge in [-0.05, 0) is 115 Å². The van der Waals surface area contributed by atoms with E-state index >= 15 is 0 Å². The highest BCUT2D eigenvalue weighted by atomic mass is 32.2. The second-order valence-electron chi connectivity index (χ2n) is 22.5. The summed E-state index contributed by atoms with van der Waals surface area (Å²) in [6, 6.07) is 78.9. The molecule has 0 unspecified atom stereocenters. The lowest BCUT2D eigenvalue weighted by Crippen LogP contribution is -2.68. The number of hydrogen-bond donors (Lipinski definition) is 1. The number of anilines is 8. The SMILES string of the molecule is CC(C)c1cc(C(C)C)c(B2c3ccccc3Sc3cc4c(cc32)B2c3ccccc3N3c5ccccc5B5c6ccccc6Nc6cc(c2c3c65)N4c2c(-c3ccccc3)cccc2-c2ccccc2)c(C(C)C)c1. The van der Waals surface area contributed by atoms with Crippen LogP contribution in [0.1, 0.15) is 76.0 Å². The topological polar surface area (TPSA) is 18.5 Å². The van der Waals surface area contributed by atoms with Crippen LogP contribution in [-0.2, 0) is 0 Å². The summed E-state index contributed by atoms with van der Waals surface area (Å²) in [5.74, 6) is 1.11. The molecule has 0 aliphatic carbocycles. The van der Waals surface area contributed by atoms with Crippen molar-refractivity contribution in [1.82, 2.24) is 0 Å². The molecule has 15 rings (SSSR count). The lowest BCUT2D eigenvalue weighted by Gasteiger charge is -2.50. The number of fused-ring (bicyclic) bond motifs is 12. The molecule has 3 nitrogen and oxygen atoms in total. The summed E-state index contributed by atoms with van der Waals surface area (Å²) in [4.78, 5) is 8.00. The number of nitrogens with one attached hydrogen (secondary N) is 1. The van der Waals surface area contributed by atoms with Gasteiger partial charge in [-0.2, -0.15) is 0 Å². The molecule has 76 heavy (non-hydrogen) atoms. The first-order valence-corrected chi connectivity index (χ1v) is 28.3. The van der Waals surface area contributed by atoms with E-state index < -0.39 is 0 Å². The zero-order valence-corrected chi connectivity index (χ0v) is 44.7. The highest BCUT2D eigenvalue weighted by Crippen LogP contribution is 2.52. The largest absolute Gasteiger partial charge is 0.356 e. The summed E-state index contributed by atoms with van der Waals surface area (Å²) in [6.07, 6.45) is 0. The average Bonchev–Trinajstić information content (AvgIpc) is 3.58. The fourth-order valence-electron chi connectivity index (χ4n) is 14.0. The minimum absolute atomic E-state index is 0.0364. The number of para-hydroxylation sites is 4. The molecule has 0 saturated heterocycles.